The van der Waals surface area contributed by atoms with E-state index >= 15 is 0 Å². The molecule has 116 valence electrons. The Labute approximate surface area is 122 Å². The summed E-state index contributed by atoms with van der Waals surface area (Å²) in [4.78, 5) is 28.8. The molecule has 0 spiro atoms. The number of ketones is 1. The van der Waals surface area contributed by atoms with Crippen molar-refractivity contribution in [2.24, 2.45) is 0 Å². The lowest BCUT2D eigenvalue weighted by Crippen LogP contribution is -2.35. The third kappa shape index (κ3) is 6.33. The fourth-order valence-corrected chi connectivity index (χ4v) is 1.67. The van der Waals surface area contributed by atoms with E-state index in [4.69, 9.17) is 9.94 Å². The minimum absolute atomic E-state index is 0.0431. The highest BCUT2D eigenvalue weighted by Gasteiger charge is 2.16. The first-order chi connectivity index (χ1) is 9.92. The summed E-state index contributed by atoms with van der Waals surface area (Å²) in [6.07, 6.45) is -0.995. The van der Waals surface area contributed by atoms with Crippen LogP contribution in [0.1, 0.15) is 12.0 Å². The fraction of sp³-hybridized carbons (Fsp3) is 0.429. The number of hydrogen-bond acceptors (Lipinski definition) is 4. The first kappa shape index (κ1) is 17.1. The molecule has 0 fully saturated rings. The highest BCUT2D eigenvalue weighted by atomic mass is 19.1. The van der Waals surface area contributed by atoms with E-state index in [1.54, 1.807) is 7.05 Å². The van der Waals surface area contributed by atoms with E-state index < -0.39 is 6.09 Å². The van der Waals surface area contributed by atoms with Gasteiger partial charge in [-0.25, -0.2) is 9.18 Å². The van der Waals surface area contributed by atoms with Crippen molar-refractivity contribution in [1.29, 1.82) is 0 Å². The summed E-state index contributed by atoms with van der Waals surface area (Å²) in [5.41, 5.74) is 0.626. The molecular weight excluding hydrogens is 279 g/mol. The molecule has 0 radical (unpaired) electrons. The quantitative estimate of drug-likeness (QED) is 0.741. The Morgan fingerprint density at radius 1 is 1.29 bits per heavy atom. The molecule has 0 saturated carbocycles. The number of hydroxylamine groups is 2. The third-order valence-electron chi connectivity index (χ3n) is 2.94. The van der Waals surface area contributed by atoms with Crippen molar-refractivity contribution in [3.05, 3.63) is 35.6 Å². The number of amides is 1. The molecule has 0 bridgehead atoms. The van der Waals surface area contributed by atoms with Crippen LogP contribution in [0.15, 0.2) is 24.3 Å². The molecule has 1 N–H and O–H groups in total. The van der Waals surface area contributed by atoms with Crippen LogP contribution in [0.2, 0.25) is 0 Å². The standard InChI is InChI=1S/C14H19FN2O4/c1-16(21-2)8-7-13(18)10-17(14(19)20)9-11-3-5-12(15)6-4-11/h3-6H,7-10H2,1-2H3,(H,19,20). The first-order valence-corrected chi connectivity index (χ1v) is 6.41. The molecule has 1 amide bonds. The van der Waals surface area contributed by atoms with Gasteiger partial charge in [-0.15, -0.1) is 0 Å². The van der Waals surface area contributed by atoms with Gasteiger partial charge >= 0.3 is 6.09 Å². The van der Waals surface area contributed by atoms with E-state index in [1.165, 1.54) is 36.4 Å². The monoisotopic (exact) mass is 298 g/mol. The van der Waals surface area contributed by atoms with Crippen LogP contribution < -0.4 is 0 Å². The predicted octanol–water partition coefficient (Wildman–Crippen LogP) is 1.76. The van der Waals surface area contributed by atoms with Gasteiger partial charge in [0.25, 0.3) is 0 Å². The van der Waals surface area contributed by atoms with Crippen LogP contribution in [0.5, 0.6) is 0 Å². The summed E-state index contributed by atoms with van der Waals surface area (Å²) in [5.74, 6) is -0.595. The molecule has 1 rings (SSSR count). The summed E-state index contributed by atoms with van der Waals surface area (Å²) in [6, 6.07) is 5.50. The van der Waals surface area contributed by atoms with Gasteiger partial charge in [0.05, 0.1) is 13.7 Å². The molecule has 0 heterocycles. The molecule has 6 nitrogen and oxygen atoms in total. The molecule has 0 aliphatic carbocycles. The second-order valence-corrected chi connectivity index (χ2v) is 4.59. The highest BCUT2D eigenvalue weighted by molar-refractivity contribution is 5.83. The first-order valence-electron chi connectivity index (χ1n) is 6.41. The smallest absolute Gasteiger partial charge is 0.407 e. The number of carbonyl (C=O) groups is 2. The average molecular weight is 298 g/mol. The number of Topliss-reactive ketones (excluding diaryl/α,β-unsaturated/α-hetero) is 1. The van der Waals surface area contributed by atoms with Gasteiger partial charge in [-0.05, 0) is 17.7 Å². The number of carboxylic acid groups (broad SMARTS) is 1. The van der Waals surface area contributed by atoms with Crippen LogP contribution in [0, 0.1) is 5.82 Å². The van der Waals surface area contributed by atoms with Gasteiger partial charge in [-0.1, -0.05) is 12.1 Å². The third-order valence-corrected chi connectivity index (χ3v) is 2.94. The van der Waals surface area contributed by atoms with Gasteiger partial charge < -0.3 is 9.94 Å². The molecule has 0 saturated heterocycles. The van der Waals surface area contributed by atoms with Crippen molar-refractivity contribution >= 4 is 11.9 Å². The Hall–Kier alpha value is -1.99. The van der Waals surface area contributed by atoms with E-state index in [0.717, 1.165) is 4.90 Å². The van der Waals surface area contributed by atoms with E-state index in [0.29, 0.717) is 12.1 Å². The Morgan fingerprint density at radius 3 is 2.43 bits per heavy atom. The molecule has 0 aliphatic heterocycles. The Kier molecular flexibility index (Phi) is 6.77. The molecular formula is C14H19FN2O4. The van der Waals surface area contributed by atoms with Crippen LogP contribution in [0.25, 0.3) is 0 Å². The maximum absolute atomic E-state index is 12.8. The molecule has 7 heteroatoms. The van der Waals surface area contributed by atoms with Crippen LogP contribution in [-0.2, 0) is 16.2 Å². The zero-order chi connectivity index (χ0) is 15.8. The van der Waals surface area contributed by atoms with Crippen LogP contribution >= 0.6 is 0 Å². The second-order valence-electron chi connectivity index (χ2n) is 4.59. The van der Waals surface area contributed by atoms with Crippen molar-refractivity contribution in [2.45, 2.75) is 13.0 Å². The number of hydrogen-bond donors (Lipinski definition) is 1. The number of halogens is 1. The molecule has 0 aliphatic rings. The largest absolute Gasteiger partial charge is 0.465 e. The van der Waals surface area contributed by atoms with Crippen LogP contribution in [0.3, 0.4) is 0 Å². The maximum atomic E-state index is 12.8. The molecule has 21 heavy (non-hydrogen) atoms. The molecule has 0 unspecified atom stereocenters. The SMILES string of the molecule is CON(C)CCC(=O)CN(Cc1ccc(F)cc1)C(=O)O. The molecule has 1 aromatic carbocycles. The zero-order valence-electron chi connectivity index (χ0n) is 12.1. The van der Waals surface area contributed by atoms with E-state index in [2.05, 4.69) is 0 Å². The summed E-state index contributed by atoms with van der Waals surface area (Å²) in [6.45, 7) is 0.227. The predicted molar refractivity (Wildman–Crippen MR) is 74.1 cm³/mol. The minimum atomic E-state index is -1.19. The topological polar surface area (TPSA) is 70.1 Å². The summed E-state index contributed by atoms with van der Waals surface area (Å²) < 4.78 is 12.8. The van der Waals surface area contributed by atoms with E-state index in [-0.39, 0.29) is 31.1 Å². The number of rotatable bonds is 8. The highest BCUT2D eigenvalue weighted by Crippen LogP contribution is 2.07. The van der Waals surface area contributed by atoms with Gasteiger partial charge in [0.15, 0.2) is 5.78 Å². The minimum Gasteiger partial charge on any atom is -0.465 e. The van der Waals surface area contributed by atoms with E-state index in [1.807, 2.05) is 0 Å². The lowest BCUT2D eigenvalue weighted by atomic mass is 10.2. The van der Waals surface area contributed by atoms with Crippen molar-refractivity contribution in [1.82, 2.24) is 9.96 Å². The lowest BCUT2D eigenvalue weighted by Gasteiger charge is -2.19. The van der Waals surface area contributed by atoms with Gasteiger partial charge in [-0.3, -0.25) is 9.69 Å². The number of nitrogens with zero attached hydrogens (tertiary/aromatic N) is 2. The van der Waals surface area contributed by atoms with Gasteiger partial charge in [0, 0.05) is 26.6 Å². The lowest BCUT2D eigenvalue weighted by molar-refractivity contribution is -0.129. The van der Waals surface area contributed by atoms with E-state index in [9.17, 15) is 14.0 Å². The van der Waals surface area contributed by atoms with Crippen LogP contribution in [0.4, 0.5) is 9.18 Å². The second kappa shape index (κ2) is 8.33. The summed E-state index contributed by atoms with van der Waals surface area (Å²) in [5, 5.41) is 10.6. The normalized spacial score (nSPS) is 10.7. The zero-order valence-corrected chi connectivity index (χ0v) is 12.1. The van der Waals surface area contributed by atoms with Gasteiger partial charge in [0.2, 0.25) is 0 Å². The molecule has 0 aromatic heterocycles. The Morgan fingerprint density at radius 2 is 1.90 bits per heavy atom. The summed E-state index contributed by atoms with van der Waals surface area (Å²) >= 11 is 0. The molecule has 0 atom stereocenters. The average Bonchev–Trinajstić information content (AvgIpc) is 2.46. The summed E-state index contributed by atoms with van der Waals surface area (Å²) in [7, 11) is 3.17. The fourth-order valence-electron chi connectivity index (χ4n) is 1.67. The number of benzene rings is 1. The molecule has 1 aromatic rings. The van der Waals surface area contributed by atoms with Gasteiger partial charge in [0.1, 0.15) is 5.82 Å². The Balaban J connectivity index is 2.55. The number of carbonyl (C=O) groups excluding carboxylic acids is 1. The maximum Gasteiger partial charge on any atom is 0.407 e. The van der Waals surface area contributed by atoms with Crippen molar-refractivity contribution in [3.63, 3.8) is 0 Å². The van der Waals surface area contributed by atoms with Crippen molar-refractivity contribution in [2.75, 3.05) is 27.2 Å². The van der Waals surface area contributed by atoms with Crippen molar-refractivity contribution in [3.8, 4) is 0 Å². The van der Waals surface area contributed by atoms with Gasteiger partial charge in [-0.2, -0.15) is 5.06 Å². The Bertz CT molecular complexity index is 478. The van der Waals surface area contributed by atoms with Crippen molar-refractivity contribution < 1.29 is 23.9 Å². The van der Waals surface area contributed by atoms with Crippen LogP contribution in [-0.4, -0.2) is 54.2 Å².